The average molecular weight is 415 g/mol. The highest BCUT2D eigenvalue weighted by Crippen LogP contribution is 2.07. The van der Waals surface area contributed by atoms with Crippen LogP contribution in [0.4, 0.5) is 0 Å². The van der Waals surface area contributed by atoms with E-state index in [2.05, 4.69) is 20.9 Å². The van der Waals surface area contributed by atoms with Gasteiger partial charge < -0.3 is 38.3 Å². The second kappa shape index (κ2) is 13.3. The van der Waals surface area contributed by atoms with Crippen LogP contribution in [0.25, 0.3) is 0 Å². The van der Waals surface area contributed by atoms with E-state index in [0.29, 0.717) is 12.8 Å². The third-order valence-corrected chi connectivity index (χ3v) is 3.85. The highest BCUT2D eigenvalue weighted by molar-refractivity contribution is 5.93. The maximum atomic E-state index is 12.7. The van der Waals surface area contributed by atoms with E-state index >= 15 is 0 Å². The molecule has 0 aromatic carbocycles. The lowest BCUT2D eigenvalue weighted by molar-refractivity contribution is -0.141. The molecule has 0 saturated carbocycles. The molecule has 0 aliphatic heterocycles. The molecule has 10 N–H and O–H groups in total. The van der Waals surface area contributed by atoms with Crippen LogP contribution in [-0.2, 0) is 19.2 Å². The number of aliphatic carboxylic acids is 1. The summed E-state index contributed by atoms with van der Waals surface area (Å²) in [7, 11) is 0. The van der Waals surface area contributed by atoms with Crippen LogP contribution in [0.3, 0.4) is 0 Å². The Morgan fingerprint density at radius 2 is 1.55 bits per heavy atom. The number of guanidine groups is 1. The molecule has 0 heterocycles. The zero-order valence-electron chi connectivity index (χ0n) is 17.1. The summed E-state index contributed by atoms with van der Waals surface area (Å²) in [5.74, 6) is -2.95. The monoisotopic (exact) mass is 415 g/mol. The van der Waals surface area contributed by atoms with Gasteiger partial charge >= 0.3 is 5.97 Å². The smallest absolute Gasteiger partial charge is 0.325 e. The first-order valence-electron chi connectivity index (χ1n) is 9.36. The molecule has 29 heavy (non-hydrogen) atoms. The lowest BCUT2D eigenvalue weighted by atomic mass is 10.0. The van der Waals surface area contributed by atoms with Crippen molar-refractivity contribution in [2.24, 2.45) is 28.1 Å². The number of hydrogen-bond donors (Lipinski definition) is 7. The van der Waals surface area contributed by atoms with Crippen molar-refractivity contribution < 1.29 is 24.3 Å². The number of carboxylic acid groups (broad SMARTS) is 1. The Morgan fingerprint density at radius 3 is 2.03 bits per heavy atom. The molecule has 0 spiro atoms. The summed E-state index contributed by atoms with van der Waals surface area (Å²) < 4.78 is 0. The normalized spacial score (nSPS) is 13.7. The van der Waals surface area contributed by atoms with Gasteiger partial charge in [-0.05, 0) is 32.1 Å². The number of nitrogens with two attached hydrogens (primary N) is 3. The van der Waals surface area contributed by atoms with Crippen molar-refractivity contribution in [3.8, 4) is 0 Å². The molecular formula is C17H33N7O5. The fourth-order valence-corrected chi connectivity index (χ4v) is 2.38. The van der Waals surface area contributed by atoms with E-state index < -0.39 is 41.8 Å². The van der Waals surface area contributed by atoms with Gasteiger partial charge in [0.15, 0.2) is 5.96 Å². The fourth-order valence-electron chi connectivity index (χ4n) is 2.38. The molecule has 3 unspecified atom stereocenters. The number of carbonyl (C=O) groups excluding carboxylic acids is 3. The third kappa shape index (κ3) is 11.5. The summed E-state index contributed by atoms with van der Waals surface area (Å²) in [5.41, 5.74) is 15.8. The van der Waals surface area contributed by atoms with Crippen molar-refractivity contribution in [1.29, 1.82) is 0 Å². The van der Waals surface area contributed by atoms with Gasteiger partial charge in [0.05, 0.1) is 6.54 Å². The molecule has 0 bridgehead atoms. The minimum Gasteiger partial charge on any atom is -0.480 e. The molecule has 0 radical (unpaired) electrons. The Labute approximate surface area is 170 Å². The summed E-state index contributed by atoms with van der Waals surface area (Å²) in [5, 5.41) is 16.4. The minimum atomic E-state index is -1.21. The number of aliphatic imine (C=N–C) groups is 1. The summed E-state index contributed by atoms with van der Waals surface area (Å²) >= 11 is 0. The largest absolute Gasteiger partial charge is 0.480 e. The summed E-state index contributed by atoms with van der Waals surface area (Å²) in [6.07, 6.45) is 0.868. The Balaban J connectivity index is 5.26. The number of hydrogen-bond acceptors (Lipinski definition) is 6. The van der Waals surface area contributed by atoms with Crippen LogP contribution < -0.4 is 33.2 Å². The van der Waals surface area contributed by atoms with E-state index in [1.165, 1.54) is 6.92 Å². The number of carbonyl (C=O) groups is 4. The van der Waals surface area contributed by atoms with Crippen LogP contribution in [0.5, 0.6) is 0 Å². The summed E-state index contributed by atoms with van der Waals surface area (Å²) in [6.45, 7) is 5.02. The first-order valence-corrected chi connectivity index (χ1v) is 9.36. The number of nitrogens with one attached hydrogen (secondary N) is 3. The van der Waals surface area contributed by atoms with Crippen LogP contribution >= 0.6 is 0 Å². The summed E-state index contributed by atoms with van der Waals surface area (Å²) in [6, 6.07) is -3.04. The van der Waals surface area contributed by atoms with Gasteiger partial charge in [-0.1, -0.05) is 13.8 Å². The van der Waals surface area contributed by atoms with Crippen molar-refractivity contribution in [3.63, 3.8) is 0 Å². The van der Waals surface area contributed by atoms with Crippen molar-refractivity contribution in [2.45, 2.75) is 58.2 Å². The molecule has 0 aliphatic carbocycles. The molecule has 3 atom stereocenters. The van der Waals surface area contributed by atoms with Crippen LogP contribution in [0.1, 0.15) is 40.0 Å². The van der Waals surface area contributed by atoms with Crippen LogP contribution in [0.15, 0.2) is 4.99 Å². The van der Waals surface area contributed by atoms with E-state index in [-0.39, 0.29) is 31.4 Å². The van der Waals surface area contributed by atoms with Gasteiger partial charge in [-0.2, -0.15) is 0 Å². The van der Waals surface area contributed by atoms with Gasteiger partial charge in [0.1, 0.15) is 18.1 Å². The Hall–Kier alpha value is -2.89. The fraction of sp³-hybridized carbons (Fsp3) is 0.706. The molecule has 12 heteroatoms. The number of carboxylic acids is 1. The first-order chi connectivity index (χ1) is 13.5. The van der Waals surface area contributed by atoms with Gasteiger partial charge in [0.2, 0.25) is 17.7 Å². The average Bonchev–Trinajstić information content (AvgIpc) is 2.62. The SMILES string of the molecule is CC(C)CC(NC(=O)CN)C(=O)NC(CCCN=C(N)N)C(=O)NC(C)C(=O)O. The van der Waals surface area contributed by atoms with Gasteiger partial charge in [-0.15, -0.1) is 0 Å². The molecule has 166 valence electrons. The number of amides is 3. The molecule has 0 rings (SSSR count). The van der Waals surface area contributed by atoms with Gasteiger partial charge in [-0.3, -0.25) is 24.2 Å². The van der Waals surface area contributed by atoms with E-state index in [0.717, 1.165) is 0 Å². The second-order valence-electron chi connectivity index (χ2n) is 7.03. The quantitative estimate of drug-likeness (QED) is 0.0975. The predicted molar refractivity (Wildman–Crippen MR) is 108 cm³/mol. The third-order valence-electron chi connectivity index (χ3n) is 3.85. The lowest BCUT2D eigenvalue weighted by Gasteiger charge is -2.24. The van der Waals surface area contributed by atoms with Gasteiger partial charge in [-0.25, -0.2) is 0 Å². The highest BCUT2D eigenvalue weighted by atomic mass is 16.4. The van der Waals surface area contributed by atoms with Gasteiger partial charge in [0.25, 0.3) is 0 Å². The molecule has 0 aromatic heterocycles. The molecular weight excluding hydrogens is 382 g/mol. The zero-order chi connectivity index (χ0) is 22.6. The van der Waals surface area contributed by atoms with E-state index in [4.69, 9.17) is 22.3 Å². The highest BCUT2D eigenvalue weighted by Gasteiger charge is 2.28. The zero-order valence-corrected chi connectivity index (χ0v) is 17.1. The minimum absolute atomic E-state index is 0.0880. The van der Waals surface area contributed by atoms with Crippen molar-refractivity contribution in [1.82, 2.24) is 16.0 Å². The van der Waals surface area contributed by atoms with E-state index in [1.807, 2.05) is 13.8 Å². The predicted octanol–water partition coefficient (Wildman–Crippen LogP) is -2.40. The maximum absolute atomic E-state index is 12.7. The first kappa shape index (κ1) is 26.1. The second-order valence-corrected chi connectivity index (χ2v) is 7.03. The maximum Gasteiger partial charge on any atom is 0.325 e. The lowest BCUT2D eigenvalue weighted by Crippen LogP contribution is -2.56. The number of rotatable bonds is 13. The topological polar surface area (TPSA) is 215 Å². The Bertz CT molecular complexity index is 605. The molecule has 0 saturated heterocycles. The van der Waals surface area contributed by atoms with Crippen LogP contribution in [0, 0.1) is 5.92 Å². The molecule has 0 aromatic rings. The summed E-state index contributed by atoms with van der Waals surface area (Å²) in [4.78, 5) is 51.6. The van der Waals surface area contributed by atoms with Crippen molar-refractivity contribution >= 4 is 29.7 Å². The van der Waals surface area contributed by atoms with E-state index in [1.54, 1.807) is 0 Å². The molecule has 0 fully saturated rings. The van der Waals surface area contributed by atoms with Gasteiger partial charge in [0, 0.05) is 6.54 Å². The van der Waals surface area contributed by atoms with Crippen LogP contribution in [0.2, 0.25) is 0 Å². The van der Waals surface area contributed by atoms with E-state index in [9.17, 15) is 19.2 Å². The van der Waals surface area contributed by atoms with Crippen LogP contribution in [-0.4, -0.2) is 66.0 Å². The number of nitrogens with zero attached hydrogens (tertiary/aromatic N) is 1. The molecule has 3 amide bonds. The Morgan fingerprint density at radius 1 is 0.966 bits per heavy atom. The standard InChI is InChI=1S/C17H33N7O5/c1-9(2)7-12(23-13(25)8-18)15(27)24-11(5-4-6-21-17(19)20)14(26)22-10(3)16(28)29/h9-12H,4-8,18H2,1-3H3,(H,22,26)(H,23,25)(H,24,27)(H,28,29)(H4,19,20,21). The van der Waals surface area contributed by atoms with Crippen molar-refractivity contribution in [2.75, 3.05) is 13.1 Å². The van der Waals surface area contributed by atoms with Crippen molar-refractivity contribution in [3.05, 3.63) is 0 Å². The Kier molecular flexibility index (Phi) is 12.0. The molecule has 0 aliphatic rings. The molecule has 12 nitrogen and oxygen atoms in total.